The summed E-state index contributed by atoms with van der Waals surface area (Å²) >= 11 is 1.77. The minimum atomic E-state index is 0.898. The largest absolute Gasteiger partial charge is 0.281 e. The first-order valence-electron chi connectivity index (χ1n) is 5.92. The molecule has 0 aliphatic heterocycles. The predicted molar refractivity (Wildman–Crippen MR) is 77.1 cm³/mol. The molecule has 0 bridgehead atoms. The number of benzene rings is 2. The Balaban J connectivity index is 1.91. The molecule has 0 spiro atoms. The summed E-state index contributed by atoms with van der Waals surface area (Å²) in [5.41, 5.74) is 3.53. The molecule has 0 fully saturated rings. The highest BCUT2D eigenvalue weighted by molar-refractivity contribution is 7.98. The minimum absolute atomic E-state index is 0.898. The second-order valence-corrected chi connectivity index (χ2v) is 5.12. The topological polar surface area (TPSA) is 28.7 Å². The average molecular weight is 254 g/mol. The van der Waals surface area contributed by atoms with Crippen LogP contribution in [0.15, 0.2) is 53.4 Å². The van der Waals surface area contributed by atoms with Crippen molar-refractivity contribution in [1.29, 1.82) is 0 Å². The number of hydrogen-bond acceptors (Lipinski definition) is 2. The highest BCUT2D eigenvalue weighted by Crippen LogP contribution is 2.20. The summed E-state index contributed by atoms with van der Waals surface area (Å²) in [5, 5.41) is 8.67. The van der Waals surface area contributed by atoms with Crippen molar-refractivity contribution in [3.05, 3.63) is 59.8 Å². The van der Waals surface area contributed by atoms with Crippen molar-refractivity contribution >= 4 is 22.7 Å². The average Bonchev–Trinajstić information content (AvgIpc) is 2.83. The quantitative estimate of drug-likeness (QED) is 0.719. The molecule has 0 aliphatic rings. The van der Waals surface area contributed by atoms with Crippen molar-refractivity contribution in [3.63, 3.8) is 0 Å². The lowest BCUT2D eigenvalue weighted by atomic mass is 10.1. The Hall–Kier alpha value is -1.74. The molecule has 1 heterocycles. The van der Waals surface area contributed by atoms with Crippen LogP contribution < -0.4 is 0 Å². The van der Waals surface area contributed by atoms with Crippen LogP contribution in [0, 0.1) is 0 Å². The van der Waals surface area contributed by atoms with Crippen LogP contribution in [-0.4, -0.2) is 16.5 Å². The molecule has 0 atom stereocenters. The van der Waals surface area contributed by atoms with E-state index in [1.54, 1.807) is 11.8 Å². The lowest BCUT2D eigenvalue weighted by Crippen LogP contribution is -1.89. The summed E-state index contributed by atoms with van der Waals surface area (Å²) in [4.78, 5) is 1.30. The molecule has 0 saturated heterocycles. The number of para-hydroxylation sites is 1. The zero-order valence-corrected chi connectivity index (χ0v) is 11.0. The zero-order valence-electron chi connectivity index (χ0n) is 10.2. The maximum absolute atomic E-state index is 4.32. The van der Waals surface area contributed by atoms with E-state index in [0.717, 1.165) is 11.9 Å². The van der Waals surface area contributed by atoms with E-state index >= 15 is 0 Å². The fourth-order valence-corrected chi connectivity index (χ4v) is 2.50. The van der Waals surface area contributed by atoms with Gasteiger partial charge in [-0.15, -0.1) is 11.8 Å². The van der Waals surface area contributed by atoms with E-state index in [4.69, 9.17) is 0 Å². The van der Waals surface area contributed by atoms with Crippen LogP contribution in [0.2, 0.25) is 0 Å². The van der Waals surface area contributed by atoms with E-state index in [0.29, 0.717) is 0 Å². The number of aromatic nitrogens is 2. The maximum atomic E-state index is 4.32. The van der Waals surface area contributed by atoms with Crippen molar-refractivity contribution in [1.82, 2.24) is 10.2 Å². The van der Waals surface area contributed by atoms with Gasteiger partial charge in [0.2, 0.25) is 0 Å². The summed E-state index contributed by atoms with van der Waals surface area (Å²) in [6, 6.07) is 16.9. The molecule has 0 unspecified atom stereocenters. The van der Waals surface area contributed by atoms with Gasteiger partial charge in [-0.25, -0.2) is 0 Å². The summed E-state index contributed by atoms with van der Waals surface area (Å²) in [6.45, 7) is 0. The van der Waals surface area contributed by atoms with E-state index in [-0.39, 0.29) is 0 Å². The lowest BCUT2D eigenvalue weighted by Gasteiger charge is -2.01. The van der Waals surface area contributed by atoms with Crippen molar-refractivity contribution in [2.75, 3.05) is 6.26 Å². The number of nitrogens with zero attached hydrogens (tertiary/aromatic N) is 1. The minimum Gasteiger partial charge on any atom is -0.281 e. The molecule has 18 heavy (non-hydrogen) atoms. The molecule has 3 rings (SSSR count). The number of rotatable bonds is 3. The summed E-state index contributed by atoms with van der Waals surface area (Å²) in [7, 11) is 0. The molecule has 0 amide bonds. The molecule has 1 aromatic heterocycles. The van der Waals surface area contributed by atoms with Crippen LogP contribution in [0.3, 0.4) is 0 Å². The first kappa shape index (κ1) is 11.4. The monoisotopic (exact) mass is 254 g/mol. The van der Waals surface area contributed by atoms with Gasteiger partial charge in [0.05, 0.1) is 5.52 Å². The highest BCUT2D eigenvalue weighted by Gasteiger charge is 2.05. The predicted octanol–water partition coefficient (Wildman–Crippen LogP) is 3.88. The Morgan fingerprint density at radius 2 is 1.83 bits per heavy atom. The maximum Gasteiger partial charge on any atom is 0.0923 e. The second-order valence-electron chi connectivity index (χ2n) is 4.24. The molecule has 0 radical (unpaired) electrons. The van der Waals surface area contributed by atoms with E-state index in [1.807, 2.05) is 12.1 Å². The van der Waals surface area contributed by atoms with Crippen LogP contribution in [0.25, 0.3) is 10.9 Å². The SMILES string of the molecule is CSc1ccc(Cc2[nH]nc3ccccc23)cc1. The standard InChI is InChI=1S/C15H14N2S/c1-18-12-8-6-11(7-9-12)10-15-13-4-2-3-5-14(13)16-17-15/h2-9H,10H2,1H3,(H,16,17). The Labute approximate surface area is 110 Å². The van der Waals surface area contributed by atoms with Gasteiger partial charge in [0.1, 0.15) is 0 Å². The van der Waals surface area contributed by atoms with Gasteiger partial charge in [-0.1, -0.05) is 30.3 Å². The Morgan fingerprint density at radius 3 is 2.61 bits per heavy atom. The van der Waals surface area contributed by atoms with E-state index in [9.17, 15) is 0 Å². The van der Waals surface area contributed by atoms with Gasteiger partial charge in [-0.05, 0) is 30.0 Å². The van der Waals surface area contributed by atoms with Crippen molar-refractivity contribution in [2.45, 2.75) is 11.3 Å². The molecule has 3 heteroatoms. The highest BCUT2D eigenvalue weighted by atomic mass is 32.2. The van der Waals surface area contributed by atoms with Gasteiger partial charge in [-0.2, -0.15) is 5.10 Å². The zero-order chi connectivity index (χ0) is 12.4. The Morgan fingerprint density at radius 1 is 1.06 bits per heavy atom. The van der Waals surface area contributed by atoms with Crippen LogP contribution >= 0.6 is 11.8 Å². The number of aromatic amines is 1. The van der Waals surface area contributed by atoms with E-state index in [1.165, 1.54) is 21.5 Å². The van der Waals surface area contributed by atoms with E-state index in [2.05, 4.69) is 52.9 Å². The van der Waals surface area contributed by atoms with Gasteiger partial charge in [0.15, 0.2) is 0 Å². The first-order chi connectivity index (χ1) is 8.86. The van der Waals surface area contributed by atoms with Crippen LogP contribution in [-0.2, 0) is 6.42 Å². The summed E-state index contributed by atoms with van der Waals surface area (Å²) < 4.78 is 0. The van der Waals surface area contributed by atoms with Gasteiger partial charge >= 0.3 is 0 Å². The molecular formula is C15H14N2S. The third kappa shape index (κ3) is 2.14. The van der Waals surface area contributed by atoms with Crippen LogP contribution in [0.1, 0.15) is 11.3 Å². The van der Waals surface area contributed by atoms with Crippen molar-refractivity contribution in [3.8, 4) is 0 Å². The Kier molecular flexibility index (Phi) is 3.07. The van der Waals surface area contributed by atoms with Gasteiger partial charge < -0.3 is 0 Å². The first-order valence-corrected chi connectivity index (χ1v) is 7.14. The summed E-state index contributed by atoms with van der Waals surface area (Å²) in [6.07, 6.45) is 2.99. The molecule has 90 valence electrons. The summed E-state index contributed by atoms with van der Waals surface area (Å²) in [5.74, 6) is 0. The third-order valence-electron chi connectivity index (χ3n) is 3.08. The molecular weight excluding hydrogens is 240 g/mol. The smallest absolute Gasteiger partial charge is 0.0923 e. The molecule has 0 aliphatic carbocycles. The molecule has 2 aromatic carbocycles. The Bertz CT molecular complexity index is 656. The number of H-pyrrole nitrogens is 1. The number of thioether (sulfide) groups is 1. The van der Waals surface area contributed by atoms with E-state index < -0.39 is 0 Å². The normalized spacial score (nSPS) is 10.9. The van der Waals surface area contributed by atoms with Gasteiger partial charge in [-0.3, -0.25) is 5.10 Å². The molecule has 1 N–H and O–H groups in total. The van der Waals surface area contributed by atoms with Crippen molar-refractivity contribution in [2.24, 2.45) is 0 Å². The third-order valence-corrected chi connectivity index (χ3v) is 3.82. The number of fused-ring (bicyclic) bond motifs is 1. The molecule has 3 aromatic rings. The second kappa shape index (κ2) is 4.86. The number of hydrogen-bond donors (Lipinski definition) is 1. The van der Waals surface area contributed by atoms with Gasteiger partial charge in [0, 0.05) is 22.4 Å². The fraction of sp³-hybridized carbons (Fsp3) is 0.133. The van der Waals surface area contributed by atoms with Crippen LogP contribution in [0.4, 0.5) is 0 Å². The molecule has 0 saturated carbocycles. The fourth-order valence-electron chi connectivity index (χ4n) is 2.10. The molecule has 2 nitrogen and oxygen atoms in total. The van der Waals surface area contributed by atoms with Gasteiger partial charge in [0.25, 0.3) is 0 Å². The van der Waals surface area contributed by atoms with Crippen LogP contribution in [0.5, 0.6) is 0 Å². The lowest BCUT2D eigenvalue weighted by molar-refractivity contribution is 1.01. The number of nitrogens with one attached hydrogen (secondary N) is 1. The van der Waals surface area contributed by atoms with Crippen molar-refractivity contribution < 1.29 is 0 Å².